The second-order valence-corrected chi connectivity index (χ2v) is 7.15. The summed E-state index contributed by atoms with van der Waals surface area (Å²) in [5.41, 5.74) is 2.59. The van der Waals surface area contributed by atoms with Crippen molar-refractivity contribution in [2.24, 2.45) is 0 Å². The summed E-state index contributed by atoms with van der Waals surface area (Å²) >= 11 is 12.4. The van der Waals surface area contributed by atoms with E-state index in [0.29, 0.717) is 38.3 Å². The molecule has 0 radical (unpaired) electrons. The highest BCUT2D eigenvalue weighted by Gasteiger charge is 2.21. The molecule has 2 N–H and O–H groups in total. The van der Waals surface area contributed by atoms with Crippen molar-refractivity contribution in [2.75, 3.05) is 14.1 Å². The first-order valence-electron chi connectivity index (χ1n) is 8.21. The van der Waals surface area contributed by atoms with E-state index in [1.54, 1.807) is 49.8 Å². The monoisotopic (exact) mass is 421 g/mol. The van der Waals surface area contributed by atoms with Gasteiger partial charge in [-0.05, 0) is 25.1 Å². The van der Waals surface area contributed by atoms with Crippen molar-refractivity contribution in [1.82, 2.24) is 24.6 Å². The highest BCUT2D eigenvalue weighted by Crippen LogP contribution is 2.34. The van der Waals surface area contributed by atoms with Crippen LogP contribution < -0.4 is 5.32 Å². The predicted octanol–water partition coefficient (Wildman–Crippen LogP) is 3.48. The third-order valence-corrected chi connectivity index (χ3v) is 4.69. The highest BCUT2D eigenvalue weighted by atomic mass is 35.5. The largest absolute Gasteiger partial charge is 0.465 e. The number of carboxylic acid groups (broad SMARTS) is 1. The maximum absolute atomic E-state index is 12.3. The van der Waals surface area contributed by atoms with E-state index < -0.39 is 6.09 Å². The SMILES string of the molecule is Cc1nc2nc(C(=O)N(C)C)cn2c(-c2ccc(Cl)cc2Cl)c1CNC(=O)O. The number of halogens is 2. The van der Waals surface area contributed by atoms with Gasteiger partial charge in [0.15, 0.2) is 0 Å². The molecule has 0 spiro atoms. The summed E-state index contributed by atoms with van der Waals surface area (Å²) in [5, 5.41) is 12.2. The number of nitrogens with zero attached hydrogens (tertiary/aromatic N) is 4. The minimum atomic E-state index is -1.17. The first-order valence-corrected chi connectivity index (χ1v) is 8.97. The Morgan fingerprint density at radius 3 is 2.57 bits per heavy atom. The lowest BCUT2D eigenvalue weighted by atomic mass is 10.0. The zero-order valence-electron chi connectivity index (χ0n) is 15.3. The number of fused-ring (bicyclic) bond motifs is 1. The Balaban J connectivity index is 2.32. The third kappa shape index (κ3) is 3.74. The van der Waals surface area contributed by atoms with Crippen LogP contribution in [0, 0.1) is 6.92 Å². The molecule has 10 heteroatoms. The molecule has 0 aliphatic heterocycles. The van der Waals surface area contributed by atoms with Gasteiger partial charge in [0.25, 0.3) is 5.91 Å². The maximum atomic E-state index is 12.3. The number of hydrogen-bond acceptors (Lipinski definition) is 4. The summed E-state index contributed by atoms with van der Waals surface area (Å²) in [6, 6.07) is 5.01. The van der Waals surface area contributed by atoms with E-state index in [9.17, 15) is 9.59 Å². The van der Waals surface area contributed by atoms with Crippen molar-refractivity contribution in [3.05, 3.63) is 51.4 Å². The molecular formula is C18H17Cl2N5O3. The molecule has 8 nitrogen and oxygen atoms in total. The number of carbonyl (C=O) groups excluding carboxylic acids is 1. The molecular weight excluding hydrogens is 405 g/mol. The van der Waals surface area contributed by atoms with Crippen molar-refractivity contribution >= 4 is 41.0 Å². The number of rotatable bonds is 4. The summed E-state index contributed by atoms with van der Waals surface area (Å²) in [7, 11) is 3.26. The minimum absolute atomic E-state index is 0.00748. The molecule has 0 bridgehead atoms. The number of imidazole rings is 1. The van der Waals surface area contributed by atoms with Crippen LogP contribution in [0.5, 0.6) is 0 Å². The standard InChI is InChI=1S/C18H17Cl2N5O3/c1-9-12(7-21-18(27)28)15(11-5-4-10(19)6-13(11)20)25-8-14(16(26)24(2)3)23-17(25)22-9/h4-6,8,21H,7H2,1-3H3,(H,27,28). The average Bonchev–Trinajstić information content (AvgIpc) is 3.02. The van der Waals surface area contributed by atoms with Crippen molar-refractivity contribution in [2.45, 2.75) is 13.5 Å². The Hall–Kier alpha value is -2.84. The quantitative estimate of drug-likeness (QED) is 0.671. The minimum Gasteiger partial charge on any atom is -0.465 e. The smallest absolute Gasteiger partial charge is 0.404 e. The first-order chi connectivity index (χ1) is 13.2. The van der Waals surface area contributed by atoms with Gasteiger partial charge in [-0.3, -0.25) is 9.20 Å². The normalized spacial score (nSPS) is 10.9. The van der Waals surface area contributed by atoms with Crippen molar-refractivity contribution < 1.29 is 14.7 Å². The highest BCUT2D eigenvalue weighted by molar-refractivity contribution is 6.36. The van der Waals surface area contributed by atoms with Crippen LogP contribution in [-0.4, -0.2) is 50.5 Å². The van der Waals surface area contributed by atoms with Gasteiger partial charge in [-0.25, -0.2) is 14.8 Å². The molecule has 2 heterocycles. The van der Waals surface area contributed by atoms with Crippen LogP contribution >= 0.6 is 23.2 Å². The van der Waals surface area contributed by atoms with Crippen LogP contribution in [0.15, 0.2) is 24.4 Å². The Labute approximate surface area is 170 Å². The number of aryl methyl sites for hydroxylation is 1. The van der Waals surface area contributed by atoms with Gasteiger partial charge in [0.05, 0.1) is 17.3 Å². The van der Waals surface area contributed by atoms with E-state index in [4.69, 9.17) is 28.3 Å². The fourth-order valence-corrected chi connectivity index (χ4v) is 3.33. The lowest BCUT2D eigenvalue weighted by Crippen LogP contribution is -2.22. The van der Waals surface area contributed by atoms with Crippen LogP contribution in [-0.2, 0) is 6.54 Å². The molecule has 28 heavy (non-hydrogen) atoms. The van der Waals surface area contributed by atoms with Crippen LogP contribution in [0.3, 0.4) is 0 Å². The third-order valence-electron chi connectivity index (χ3n) is 4.15. The molecule has 0 atom stereocenters. The topological polar surface area (TPSA) is 99.8 Å². The van der Waals surface area contributed by atoms with E-state index in [0.717, 1.165) is 0 Å². The molecule has 3 rings (SSSR count). The molecule has 2 aromatic heterocycles. The van der Waals surface area contributed by atoms with Gasteiger partial charge in [-0.15, -0.1) is 0 Å². The van der Waals surface area contributed by atoms with Gasteiger partial charge in [-0.1, -0.05) is 23.2 Å². The lowest BCUT2D eigenvalue weighted by Gasteiger charge is -2.16. The Morgan fingerprint density at radius 1 is 1.25 bits per heavy atom. The van der Waals surface area contributed by atoms with E-state index in [-0.39, 0.29) is 18.1 Å². The molecule has 0 unspecified atom stereocenters. The van der Waals surface area contributed by atoms with Gasteiger partial charge in [-0.2, -0.15) is 0 Å². The Bertz CT molecular complexity index is 1090. The van der Waals surface area contributed by atoms with Crippen LogP contribution in [0.4, 0.5) is 4.79 Å². The second kappa shape index (κ2) is 7.65. The van der Waals surface area contributed by atoms with E-state index in [2.05, 4.69) is 15.3 Å². The molecule has 0 fully saturated rings. The zero-order chi connectivity index (χ0) is 20.6. The fourth-order valence-electron chi connectivity index (χ4n) is 2.83. The van der Waals surface area contributed by atoms with Crippen LogP contribution in [0.2, 0.25) is 10.0 Å². The van der Waals surface area contributed by atoms with Crippen LogP contribution in [0.25, 0.3) is 17.0 Å². The summed E-state index contributed by atoms with van der Waals surface area (Å²) in [5.74, 6) is 0.0318. The fraction of sp³-hybridized carbons (Fsp3) is 0.222. The number of hydrogen-bond donors (Lipinski definition) is 2. The predicted molar refractivity (Wildman–Crippen MR) is 106 cm³/mol. The summed E-state index contributed by atoms with van der Waals surface area (Å²) in [6.45, 7) is 1.75. The number of benzene rings is 1. The molecule has 1 aromatic carbocycles. The average molecular weight is 422 g/mol. The molecule has 0 saturated heterocycles. The van der Waals surface area contributed by atoms with E-state index in [1.165, 1.54) is 4.90 Å². The maximum Gasteiger partial charge on any atom is 0.404 e. The molecule has 0 aliphatic rings. The lowest BCUT2D eigenvalue weighted by molar-refractivity contribution is 0.0822. The van der Waals surface area contributed by atoms with Crippen LogP contribution in [0.1, 0.15) is 21.7 Å². The number of amides is 2. The first kappa shape index (κ1) is 19.9. The van der Waals surface area contributed by atoms with Gasteiger partial charge in [0, 0.05) is 42.1 Å². The summed E-state index contributed by atoms with van der Waals surface area (Å²) in [6.07, 6.45) is 0.399. The summed E-state index contributed by atoms with van der Waals surface area (Å²) < 4.78 is 1.64. The van der Waals surface area contributed by atoms with E-state index in [1.807, 2.05) is 0 Å². The number of carbonyl (C=O) groups is 2. The van der Waals surface area contributed by atoms with Gasteiger partial charge < -0.3 is 15.3 Å². The molecule has 146 valence electrons. The number of nitrogens with one attached hydrogen (secondary N) is 1. The number of aromatic nitrogens is 3. The molecule has 0 aliphatic carbocycles. The zero-order valence-corrected chi connectivity index (χ0v) is 16.8. The van der Waals surface area contributed by atoms with Crippen molar-refractivity contribution in [1.29, 1.82) is 0 Å². The van der Waals surface area contributed by atoms with Crippen molar-refractivity contribution in [3.8, 4) is 11.3 Å². The van der Waals surface area contributed by atoms with Crippen molar-refractivity contribution in [3.63, 3.8) is 0 Å². The Kier molecular flexibility index (Phi) is 5.44. The summed E-state index contributed by atoms with van der Waals surface area (Å²) in [4.78, 5) is 33.5. The van der Waals surface area contributed by atoms with E-state index >= 15 is 0 Å². The second-order valence-electron chi connectivity index (χ2n) is 6.30. The molecule has 3 aromatic rings. The van der Waals surface area contributed by atoms with Gasteiger partial charge >= 0.3 is 6.09 Å². The van der Waals surface area contributed by atoms with Gasteiger partial charge in [0.2, 0.25) is 5.78 Å². The molecule has 0 saturated carbocycles. The Morgan fingerprint density at radius 2 is 1.96 bits per heavy atom. The molecule has 2 amide bonds. The van der Waals surface area contributed by atoms with Gasteiger partial charge in [0.1, 0.15) is 5.69 Å².